The van der Waals surface area contributed by atoms with E-state index < -0.39 is 41.5 Å². The molecule has 1 aliphatic heterocycles. The Hall–Kier alpha value is -3.79. The number of nitrogens with zero attached hydrogens (tertiary/aromatic N) is 3. The van der Waals surface area contributed by atoms with Crippen LogP contribution in [-0.4, -0.2) is 71.3 Å². The highest BCUT2D eigenvalue weighted by Crippen LogP contribution is 2.37. The first-order valence-electron chi connectivity index (χ1n) is 12.5. The molecular weight excluding hydrogens is 717 g/mol. The van der Waals surface area contributed by atoms with Crippen molar-refractivity contribution >= 4 is 67.9 Å². The lowest BCUT2D eigenvalue weighted by atomic mass is 10.1. The van der Waals surface area contributed by atoms with E-state index >= 15 is 0 Å². The summed E-state index contributed by atoms with van der Waals surface area (Å²) < 4.78 is 87.2. The number of hydrogen-bond acceptors (Lipinski definition) is 17. The second-order valence-electron chi connectivity index (χ2n) is 8.60. The zero-order valence-corrected chi connectivity index (χ0v) is 26.9. The van der Waals surface area contributed by atoms with Crippen molar-refractivity contribution in [2.75, 3.05) is 18.2 Å². The Kier molecular flexibility index (Phi) is 11.5. The molecule has 3 aromatic rings. The normalized spacial score (nSPS) is 14.6. The van der Waals surface area contributed by atoms with Gasteiger partial charge in [-0.25, -0.2) is 15.2 Å². The molecule has 24 heteroatoms. The molecule has 0 radical (unpaired) electrons. The number of benzene rings is 2. The minimum Gasteiger partial charge on any atom is -0.478 e. The molecular formula is C23H22N4O16S4. The van der Waals surface area contributed by atoms with Crippen molar-refractivity contribution in [2.24, 2.45) is 5.10 Å². The van der Waals surface area contributed by atoms with Gasteiger partial charge >= 0.3 is 0 Å². The number of carbonyl (C=O) groups is 1. The summed E-state index contributed by atoms with van der Waals surface area (Å²) in [5, 5.41) is 31.8. The van der Waals surface area contributed by atoms with Crippen molar-refractivity contribution < 1.29 is 69.5 Å². The molecule has 1 aromatic heterocycles. The lowest BCUT2D eigenvalue weighted by Gasteiger charge is -2.15. The van der Waals surface area contributed by atoms with E-state index in [-0.39, 0.29) is 57.3 Å². The topological polar surface area (TPSA) is 275 Å². The summed E-state index contributed by atoms with van der Waals surface area (Å²) >= 11 is 0.714. The number of H-pyrrole nitrogens is 1. The third-order valence-corrected chi connectivity index (χ3v) is 8.83. The van der Waals surface area contributed by atoms with Crippen LogP contribution in [0.3, 0.4) is 0 Å². The predicted octanol–water partition coefficient (Wildman–Crippen LogP) is 2.69. The number of aromatic amines is 1. The van der Waals surface area contributed by atoms with E-state index in [1.165, 1.54) is 0 Å². The van der Waals surface area contributed by atoms with Crippen molar-refractivity contribution in [2.45, 2.75) is 33.4 Å². The smallest absolute Gasteiger partial charge is 0.294 e. The van der Waals surface area contributed by atoms with E-state index in [2.05, 4.69) is 28.9 Å². The Morgan fingerprint density at radius 1 is 0.851 bits per heavy atom. The maximum Gasteiger partial charge on any atom is 0.294 e. The van der Waals surface area contributed by atoms with Crippen molar-refractivity contribution in [3.05, 3.63) is 57.9 Å². The lowest BCUT2D eigenvalue weighted by molar-refractivity contribution is -0.432. The summed E-state index contributed by atoms with van der Waals surface area (Å²) in [6, 6.07) is 5.99. The Morgan fingerprint density at radius 2 is 1.38 bits per heavy atom. The number of hydrazone groups is 1. The van der Waals surface area contributed by atoms with Gasteiger partial charge in [0.05, 0.1) is 68.3 Å². The van der Waals surface area contributed by atoms with Crippen LogP contribution in [0.5, 0.6) is 5.88 Å². The van der Waals surface area contributed by atoms with E-state index in [0.29, 0.717) is 29.1 Å². The average Bonchev–Trinajstić information content (AvgIpc) is 3.49. The standard InChI is InChI=1S/C23H22N4O16S4/c1-3-38-20-14(22(28)26(24-20)16-9-12(46(32,33)34)5-7-18(16)44-42-40-30)11-15-21(39-4-2)25-27(23(15)29)17-10-13(47(35,36)37)6-8-19(17)45-43-41-31/h5-11,24,30-31H,3-4H2,1-2H3,(H,32,33,34)(H,35,36,37). The van der Waals surface area contributed by atoms with E-state index in [1.54, 1.807) is 13.8 Å². The van der Waals surface area contributed by atoms with Gasteiger partial charge in [0.15, 0.2) is 0 Å². The van der Waals surface area contributed by atoms with Crippen LogP contribution < -0.4 is 15.3 Å². The van der Waals surface area contributed by atoms with Gasteiger partial charge in [-0.05, 0) is 56.3 Å². The van der Waals surface area contributed by atoms with Crippen molar-refractivity contribution in [3.8, 4) is 11.6 Å². The van der Waals surface area contributed by atoms with Crippen LogP contribution in [0.25, 0.3) is 11.8 Å². The van der Waals surface area contributed by atoms with Crippen LogP contribution in [-0.2, 0) is 48.5 Å². The Balaban J connectivity index is 1.91. The van der Waals surface area contributed by atoms with E-state index in [4.69, 9.17) is 20.0 Å². The number of ether oxygens (including phenoxy) is 2. The zero-order valence-electron chi connectivity index (χ0n) is 23.6. The first kappa shape index (κ1) is 36.1. The molecule has 5 N–H and O–H groups in total. The summed E-state index contributed by atoms with van der Waals surface area (Å²) in [5.74, 6) is -1.53. The number of carbonyl (C=O) groups excluding carboxylic acids is 1. The minimum atomic E-state index is -4.77. The van der Waals surface area contributed by atoms with Gasteiger partial charge in [-0.2, -0.15) is 21.8 Å². The van der Waals surface area contributed by atoms with Crippen LogP contribution >= 0.6 is 24.1 Å². The Bertz CT molecular complexity index is 2010. The van der Waals surface area contributed by atoms with Crippen LogP contribution in [0.4, 0.5) is 5.69 Å². The summed E-state index contributed by atoms with van der Waals surface area (Å²) in [7, 11) is -9.53. The number of hydrogen-bond donors (Lipinski definition) is 5. The summed E-state index contributed by atoms with van der Waals surface area (Å²) in [6.45, 7) is 3.10. The van der Waals surface area contributed by atoms with Gasteiger partial charge < -0.3 is 9.47 Å². The molecule has 0 fully saturated rings. The quantitative estimate of drug-likeness (QED) is 0.0522. The fourth-order valence-electron chi connectivity index (χ4n) is 3.95. The van der Waals surface area contributed by atoms with Crippen molar-refractivity contribution in [3.63, 3.8) is 0 Å². The van der Waals surface area contributed by atoms with E-state index in [9.17, 15) is 35.5 Å². The second kappa shape index (κ2) is 15.0. The van der Waals surface area contributed by atoms with E-state index in [0.717, 1.165) is 47.2 Å². The van der Waals surface area contributed by atoms with Gasteiger partial charge in [-0.1, -0.05) is 10.1 Å². The third kappa shape index (κ3) is 8.03. The summed E-state index contributed by atoms with van der Waals surface area (Å²) in [6.07, 6.45) is 1.04. The molecule has 2 heterocycles. The molecule has 0 saturated heterocycles. The lowest BCUT2D eigenvalue weighted by Crippen LogP contribution is -2.23. The minimum absolute atomic E-state index is 0.00504. The fourth-order valence-corrected chi connectivity index (χ4v) is 5.87. The van der Waals surface area contributed by atoms with Gasteiger partial charge in [0.25, 0.3) is 31.7 Å². The number of amides is 1. The van der Waals surface area contributed by atoms with Gasteiger partial charge in [0.1, 0.15) is 11.1 Å². The molecule has 0 saturated carbocycles. The first-order valence-corrected chi connectivity index (χ1v) is 16.9. The largest absolute Gasteiger partial charge is 0.478 e. The van der Waals surface area contributed by atoms with Gasteiger partial charge in [0.2, 0.25) is 11.8 Å². The molecule has 1 aliphatic rings. The molecule has 0 bridgehead atoms. The summed E-state index contributed by atoms with van der Waals surface area (Å²) in [5.41, 5.74) is -2.10. The molecule has 0 atom stereocenters. The zero-order chi connectivity index (χ0) is 34.5. The average molecular weight is 739 g/mol. The third-order valence-electron chi connectivity index (χ3n) is 5.83. The highest BCUT2D eigenvalue weighted by atomic mass is 32.2. The summed E-state index contributed by atoms with van der Waals surface area (Å²) in [4.78, 5) is 26.3. The van der Waals surface area contributed by atoms with Crippen molar-refractivity contribution in [1.82, 2.24) is 9.78 Å². The fraction of sp³-hybridized carbons (Fsp3) is 0.174. The number of nitrogens with one attached hydrogen (secondary N) is 1. The molecule has 4 rings (SSSR count). The van der Waals surface area contributed by atoms with Crippen LogP contribution in [0.15, 0.2) is 71.4 Å². The SMILES string of the molecule is CCOC1=NN(c2cc(S(=O)(=O)O)ccc2SOOO)C(=O)C1=Cc1c(OCC)[nH]n(-c2cc(S(=O)(=O)O)ccc2SOOO)c1=O. The molecule has 0 spiro atoms. The Morgan fingerprint density at radius 3 is 1.89 bits per heavy atom. The highest BCUT2D eigenvalue weighted by molar-refractivity contribution is 7.95. The van der Waals surface area contributed by atoms with Gasteiger partial charge in [-0.15, -0.1) is 13.8 Å². The predicted molar refractivity (Wildman–Crippen MR) is 159 cm³/mol. The van der Waals surface area contributed by atoms with Crippen LogP contribution in [0.2, 0.25) is 0 Å². The second-order valence-corrected chi connectivity index (χ2v) is 12.9. The molecule has 0 aliphatic carbocycles. The molecule has 2 aromatic carbocycles. The van der Waals surface area contributed by atoms with Crippen LogP contribution in [0.1, 0.15) is 19.4 Å². The van der Waals surface area contributed by atoms with Crippen molar-refractivity contribution in [1.29, 1.82) is 0 Å². The van der Waals surface area contributed by atoms with Gasteiger partial charge in [0, 0.05) is 0 Å². The number of rotatable bonds is 14. The molecule has 1 amide bonds. The van der Waals surface area contributed by atoms with E-state index in [1.807, 2.05) is 0 Å². The monoisotopic (exact) mass is 738 g/mol. The molecule has 254 valence electrons. The number of aromatic nitrogens is 2. The highest BCUT2D eigenvalue weighted by Gasteiger charge is 2.36. The van der Waals surface area contributed by atoms with Crippen LogP contribution in [0, 0.1) is 0 Å². The molecule has 20 nitrogen and oxygen atoms in total. The molecule has 0 unspecified atom stereocenters. The first-order chi connectivity index (χ1) is 22.2. The maximum absolute atomic E-state index is 13.8. The molecule has 47 heavy (non-hydrogen) atoms. The maximum atomic E-state index is 13.8. The Labute approximate surface area is 272 Å². The number of anilines is 1. The van der Waals surface area contributed by atoms with Gasteiger partial charge in [-0.3, -0.25) is 23.8 Å².